The maximum atomic E-state index is 5.37. The summed E-state index contributed by atoms with van der Waals surface area (Å²) in [5.41, 5.74) is 262. The van der Waals surface area contributed by atoms with E-state index in [4.69, 9.17) is 17.2 Å². The number of nitrogens with one attached hydrogen (secondary N) is 2. The van der Waals surface area contributed by atoms with Crippen molar-refractivity contribution in [1.29, 1.82) is 0 Å². The predicted octanol–water partition coefficient (Wildman–Crippen LogP) is 15.8. The maximum Gasteiger partial charge on any atom is 0.201 e. The zero-order chi connectivity index (χ0) is 83.8. The van der Waals surface area contributed by atoms with Gasteiger partial charge in [-0.15, -0.1) is 0 Å². The zero-order valence-electron chi connectivity index (χ0n) is 60.2. The van der Waals surface area contributed by atoms with Crippen molar-refractivity contribution in [2.24, 2.45) is 17.2 Å². The number of benzene rings is 1. The Hall–Kier alpha value is -23.4. The minimum absolute atomic E-state index is 0.597. The van der Waals surface area contributed by atoms with E-state index in [0.29, 0.717) is 19.6 Å². The van der Waals surface area contributed by atoms with Crippen LogP contribution in [0, 0.1) is 0 Å². The topological polar surface area (TPSA) is 119 Å². The molecular weight excluding hydrogens is 1420 g/mol. The standard InChI is InChI=1S/C100H4.C9H12N4.C2H8N2/c1-3-5-7-9-11-13-15-17-19-21-23-25-27-29-31-33-35-37-39-41-43-45-47-49-51-53-55-57-59-61-63-65-67-69-71-73-75-77-79-81-83-85-87-89-91-93-95-97-99-100-98-96-94-92-90-88-86-84-82-80-78-76-74-72-70-68-66-64-62-60-58-56-54-52-50-48-46-44-42-40-38-36-34-32-30-28-26-24-22-20-18-16-14-12-10-8-6-4-2;10-5-6-11-9-12-7-3-1-2-4-8(7)13-9;3-1-2-4/h1-2H2;1-4H,5-6,10H2,(H2,11,12,13);1-4H2. The lowest BCUT2D eigenvalue weighted by Crippen LogP contribution is -2.13. The molecule has 0 radical (unpaired) electrons. The lowest BCUT2D eigenvalue weighted by atomic mass is 10.3. The second-order valence-corrected chi connectivity index (χ2v) is 15.7. The van der Waals surface area contributed by atoms with Crippen molar-refractivity contribution in [2.45, 2.75) is 0 Å². The van der Waals surface area contributed by atoms with E-state index in [2.05, 4.69) is 590 Å². The summed E-state index contributed by atoms with van der Waals surface area (Å²) in [5.74, 6) is 0.784. The normalized spacial score (nSPS) is 4.81. The number of aromatic amines is 1. The molecule has 0 bridgehead atoms. The Morgan fingerprint density at radius 3 is 0.436 bits per heavy atom. The first-order valence-electron chi connectivity index (χ1n) is 30.6. The van der Waals surface area contributed by atoms with Gasteiger partial charge >= 0.3 is 0 Å². The minimum Gasteiger partial charge on any atom is -0.355 e. The highest BCUT2D eigenvalue weighted by Gasteiger charge is 1.99. The molecule has 1 aromatic heterocycles. The van der Waals surface area contributed by atoms with Crippen LogP contribution in [-0.4, -0.2) is 36.1 Å². The number of H-pyrrole nitrogens is 1. The van der Waals surface area contributed by atoms with E-state index in [-0.39, 0.29) is 0 Å². The molecule has 0 saturated heterocycles. The first kappa shape index (κ1) is 93.6. The molecular formula is C111H24N6. The molecule has 6 nitrogen and oxygen atoms in total. The Kier molecular flexibility index (Phi) is 69.4. The summed E-state index contributed by atoms with van der Waals surface area (Å²) >= 11 is 0. The number of rotatable bonds is 4. The highest BCUT2D eigenvalue weighted by Crippen LogP contribution is 2.12. The van der Waals surface area contributed by atoms with Crippen LogP contribution in [0.25, 0.3) is 11.0 Å². The first-order chi connectivity index (χ1) is 58.2. The summed E-state index contributed by atoms with van der Waals surface area (Å²) in [6.07, 6.45) is 0. The molecule has 1 heterocycles. The fourth-order valence-electron chi connectivity index (χ4n) is 4.25. The highest BCUT2D eigenvalue weighted by molar-refractivity contribution is 5.77. The summed E-state index contributed by atoms with van der Waals surface area (Å²) in [6, 6.07) is 7.92. The van der Waals surface area contributed by atoms with E-state index >= 15 is 0 Å². The van der Waals surface area contributed by atoms with Crippen molar-refractivity contribution in [3.05, 3.63) is 599 Å². The summed E-state index contributed by atoms with van der Waals surface area (Å²) in [4.78, 5) is 7.48. The molecule has 6 heteroatoms. The molecule has 2 aromatic rings. The SMILES string of the molecule is C=C=C=C=C=C=C=C=C=C=C=C=C=C=C=C=C=C=C=C=C=C=C=C=C=C=C=C=C=C=C=C=C=C=C=C=C=C=C=C=C=C=C=C=C=C=C=C=C=C=C=C=C=C=C=C=C=C=C=C=C=C=C=C=C=C=C=C=C=C=C=C=C=C=C=C=C=C=C=C=C=C=C=C=C=C=C=C=C=C=C=C=C=C=C=C=C=C=C=C.NCCN.NCCNc1nc2ccccc2[nH]1. The Labute approximate surface area is 670 Å². The lowest BCUT2D eigenvalue weighted by Gasteiger charge is -1.96. The van der Waals surface area contributed by atoms with Crippen molar-refractivity contribution in [3.8, 4) is 0 Å². The molecule has 1 aromatic carbocycles. The lowest BCUT2D eigenvalue weighted by molar-refractivity contribution is 0.976. The molecule has 2 rings (SSSR count). The van der Waals surface area contributed by atoms with E-state index in [1.165, 1.54) is 0 Å². The molecule has 0 amide bonds. The third-order valence-corrected chi connectivity index (χ3v) is 8.11. The molecule has 0 aliphatic carbocycles. The van der Waals surface area contributed by atoms with Gasteiger partial charge in [0, 0.05) is 485 Å². The van der Waals surface area contributed by atoms with Crippen LogP contribution < -0.4 is 22.5 Å². The number of para-hydroxylation sites is 2. The van der Waals surface area contributed by atoms with Crippen LogP contribution in [0.1, 0.15) is 0 Å². The van der Waals surface area contributed by atoms with Crippen LogP contribution in [0.15, 0.2) is 599 Å². The second-order valence-electron chi connectivity index (χ2n) is 15.7. The molecule has 0 fully saturated rings. The molecule has 0 atom stereocenters. The Morgan fingerprint density at radius 2 is 0.325 bits per heavy atom. The van der Waals surface area contributed by atoms with E-state index in [0.717, 1.165) is 23.5 Å². The largest absolute Gasteiger partial charge is 0.355 e. The van der Waals surface area contributed by atoms with Gasteiger partial charge in [0.25, 0.3) is 0 Å². The van der Waals surface area contributed by atoms with Crippen molar-refractivity contribution in [1.82, 2.24) is 9.97 Å². The smallest absolute Gasteiger partial charge is 0.201 e. The summed E-state index contributed by atoms with van der Waals surface area (Å²) in [6.45, 7) is 9.17. The number of hydrogen-bond acceptors (Lipinski definition) is 5. The van der Waals surface area contributed by atoms with Crippen LogP contribution in [0.2, 0.25) is 0 Å². The third kappa shape index (κ3) is 79.7. The predicted molar refractivity (Wildman–Crippen MR) is 427 cm³/mol. The number of nitrogens with two attached hydrogens (primary N) is 3. The van der Waals surface area contributed by atoms with Gasteiger partial charge in [-0.2, -0.15) is 0 Å². The zero-order valence-corrected chi connectivity index (χ0v) is 60.2. The van der Waals surface area contributed by atoms with Crippen LogP contribution >= 0.6 is 0 Å². The van der Waals surface area contributed by atoms with Gasteiger partial charge in [-0.25, -0.2) is 4.98 Å². The van der Waals surface area contributed by atoms with Crippen LogP contribution in [0.3, 0.4) is 0 Å². The molecule has 498 valence electrons. The van der Waals surface area contributed by atoms with Crippen molar-refractivity contribution >= 4 is 17.0 Å². The van der Waals surface area contributed by atoms with Crippen molar-refractivity contribution in [2.75, 3.05) is 31.5 Å². The van der Waals surface area contributed by atoms with Gasteiger partial charge < -0.3 is 27.5 Å². The summed E-state index contributed by atoms with van der Waals surface area (Å²) < 4.78 is 0. The van der Waals surface area contributed by atoms with Crippen LogP contribution in [0.4, 0.5) is 5.95 Å². The Bertz CT molecular complexity index is 8330. The van der Waals surface area contributed by atoms with Crippen LogP contribution in [-0.2, 0) is 0 Å². The maximum absolute atomic E-state index is 5.37. The number of hydrogen-bond donors (Lipinski definition) is 5. The van der Waals surface area contributed by atoms with Gasteiger partial charge in [0.15, 0.2) is 0 Å². The average molecular weight is 1440 g/mol. The number of nitrogens with zero attached hydrogens (tertiary/aromatic N) is 1. The molecule has 0 saturated carbocycles. The number of imidazole rings is 1. The first-order valence-corrected chi connectivity index (χ1v) is 30.6. The fraction of sp³-hybridized carbons (Fsp3) is 0.0360. The summed E-state index contributed by atoms with van der Waals surface area (Å²) in [5, 5.41) is 3.09. The molecule has 0 aliphatic heterocycles. The van der Waals surface area contributed by atoms with E-state index < -0.39 is 0 Å². The Morgan fingerprint density at radius 1 is 0.197 bits per heavy atom. The molecule has 117 heavy (non-hydrogen) atoms. The van der Waals surface area contributed by atoms with Crippen molar-refractivity contribution < 1.29 is 0 Å². The van der Waals surface area contributed by atoms with Gasteiger partial charge in [-0.1, -0.05) is 23.6 Å². The quantitative estimate of drug-likeness (QED) is 0.195. The monoisotopic (exact) mass is 1440 g/mol. The summed E-state index contributed by atoms with van der Waals surface area (Å²) in [7, 11) is 0. The molecule has 0 unspecified atom stereocenters. The van der Waals surface area contributed by atoms with Crippen molar-refractivity contribution in [3.63, 3.8) is 0 Å². The van der Waals surface area contributed by atoms with E-state index in [1.54, 1.807) is 0 Å². The molecule has 0 spiro atoms. The average Bonchev–Trinajstić information content (AvgIpc) is 1.71. The Balaban J connectivity index is 0.00000694. The number of aromatic nitrogens is 2. The van der Waals surface area contributed by atoms with E-state index in [1.807, 2.05) is 24.3 Å². The van der Waals surface area contributed by atoms with E-state index in [9.17, 15) is 0 Å². The number of anilines is 1. The second kappa shape index (κ2) is 86.8. The van der Waals surface area contributed by atoms with Gasteiger partial charge in [-0.05, 0) is 117 Å². The van der Waals surface area contributed by atoms with Gasteiger partial charge in [0.05, 0.1) is 11.0 Å². The van der Waals surface area contributed by atoms with Crippen LogP contribution in [0.5, 0.6) is 0 Å². The number of fused-ring (bicyclic) bond motifs is 1. The fourth-order valence-corrected chi connectivity index (χ4v) is 4.25. The minimum atomic E-state index is 0.597. The molecule has 0 aliphatic rings. The molecule has 8 N–H and O–H groups in total. The van der Waals surface area contributed by atoms with Gasteiger partial charge in [-0.3, -0.25) is 0 Å². The van der Waals surface area contributed by atoms with Gasteiger partial charge in [0.1, 0.15) is 0 Å². The third-order valence-electron chi connectivity index (χ3n) is 8.11. The highest BCUT2D eigenvalue weighted by atomic mass is 15.1. The van der Waals surface area contributed by atoms with Gasteiger partial charge in [0.2, 0.25) is 5.95 Å².